The first-order chi connectivity index (χ1) is 23.9. The summed E-state index contributed by atoms with van der Waals surface area (Å²) in [4.78, 5) is 13.2. The molecule has 4 aromatic rings. The van der Waals surface area contributed by atoms with Gasteiger partial charge in [0.05, 0.1) is 39.5 Å². The number of carbonyl (C=O) groups excluding carboxylic acids is 1. The van der Waals surface area contributed by atoms with Crippen LogP contribution < -0.4 is 5.32 Å². The van der Waals surface area contributed by atoms with Gasteiger partial charge in [0.2, 0.25) is 0 Å². The number of ether oxygens (including phenoxy) is 6. The summed E-state index contributed by atoms with van der Waals surface area (Å²) in [6.07, 6.45) is -2.41. The first-order valence-corrected chi connectivity index (χ1v) is 17.1. The Hall–Kier alpha value is -3.89. The summed E-state index contributed by atoms with van der Waals surface area (Å²) in [5.41, 5.74) is 4.08. The van der Waals surface area contributed by atoms with Crippen LogP contribution in [0.2, 0.25) is 0 Å². The fraction of sp³-hybridized carbons (Fsp3) is 0.390. The average Bonchev–Trinajstić information content (AvgIpc) is 3.49. The Kier molecular flexibility index (Phi) is 13.9. The van der Waals surface area contributed by atoms with Gasteiger partial charge in [-0.05, 0) is 43.0 Å². The maximum absolute atomic E-state index is 13.2. The van der Waals surface area contributed by atoms with Gasteiger partial charge in [-0.2, -0.15) is 0 Å². The number of rotatable bonds is 19. The molecule has 5 rings (SSSR count). The minimum Gasteiger partial charge on any atom is -0.466 e. The normalized spacial score (nSPS) is 18.0. The Balaban J connectivity index is 1.55. The van der Waals surface area contributed by atoms with Crippen molar-refractivity contribution < 1.29 is 33.2 Å². The SMILES string of the molecule is CCOC(=O)C[C@@H](NCc1ccccc1)[C@H](OCc1ccccc1)[C@@H](OCc1ccccc1)[C@H](OCc1ccccc1)[C@H]1COC(C)(C)O1. The molecule has 0 saturated carbocycles. The molecular formula is C41H49NO7. The van der Waals surface area contributed by atoms with Gasteiger partial charge in [-0.25, -0.2) is 0 Å². The van der Waals surface area contributed by atoms with Crippen LogP contribution in [0.5, 0.6) is 0 Å². The molecule has 0 aliphatic carbocycles. The molecule has 1 aliphatic rings. The van der Waals surface area contributed by atoms with Crippen molar-refractivity contribution in [2.24, 2.45) is 0 Å². The van der Waals surface area contributed by atoms with Crippen molar-refractivity contribution in [1.82, 2.24) is 5.32 Å². The molecule has 0 spiro atoms. The van der Waals surface area contributed by atoms with Crippen molar-refractivity contribution in [2.75, 3.05) is 13.2 Å². The van der Waals surface area contributed by atoms with Crippen LogP contribution in [-0.2, 0) is 59.6 Å². The highest BCUT2D eigenvalue weighted by Crippen LogP contribution is 2.31. The van der Waals surface area contributed by atoms with E-state index in [2.05, 4.69) is 17.4 Å². The fourth-order valence-corrected chi connectivity index (χ4v) is 5.96. The Labute approximate surface area is 290 Å². The van der Waals surface area contributed by atoms with Crippen LogP contribution in [0.4, 0.5) is 0 Å². The van der Waals surface area contributed by atoms with Crippen LogP contribution in [0.15, 0.2) is 121 Å². The van der Waals surface area contributed by atoms with E-state index in [0.29, 0.717) is 33.0 Å². The molecule has 0 unspecified atom stereocenters. The third-order valence-corrected chi connectivity index (χ3v) is 8.40. The summed E-state index contributed by atoms with van der Waals surface area (Å²) < 4.78 is 38.6. The van der Waals surface area contributed by atoms with Crippen LogP contribution in [0.3, 0.4) is 0 Å². The van der Waals surface area contributed by atoms with Crippen molar-refractivity contribution in [3.8, 4) is 0 Å². The van der Waals surface area contributed by atoms with Gasteiger partial charge in [0.25, 0.3) is 0 Å². The maximum Gasteiger partial charge on any atom is 0.307 e. The minimum absolute atomic E-state index is 0.0598. The average molecular weight is 668 g/mol. The second-order valence-corrected chi connectivity index (χ2v) is 12.6. The zero-order valence-electron chi connectivity index (χ0n) is 28.7. The first-order valence-electron chi connectivity index (χ1n) is 17.1. The van der Waals surface area contributed by atoms with Crippen LogP contribution in [-0.4, -0.2) is 55.4 Å². The van der Waals surface area contributed by atoms with E-state index in [0.717, 1.165) is 22.3 Å². The Bertz CT molecular complexity index is 1500. The van der Waals surface area contributed by atoms with Crippen LogP contribution in [0.1, 0.15) is 49.4 Å². The third kappa shape index (κ3) is 11.6. The van der Waals surface area contributed by atoms with Crippen molar-refractivity contribution in [2.45, 2.75) is 89.8 Å². The van der Waals surface area contributed by atoms with Gasteiger partial charge in [0, 0.05) is 12.6 Å². The number of carbonyl (C=O) groups is 1. The number of hydrogen-bond donors (Lipinski definition) is 1. The number of benzene rings is 4. The molecule has 1 heterocycles. The molecule has 1 saturated heterocycles. The van der Waals surface area contributed by atoms with Gasteiger partial charge in [0.1, 0.15) is 24.4 Å². The van der Waals surface area contributed by atoms with Gasteiger partial charge < -0.3 is 33.7 Å². The summed E-state index contributed by atoms with van der Waals surface area (Å²) in [5, 5.41) is 3.64. The molecule has 0 amide bonds. The van der Waals surface area contributed by atoms with Crippen LogP contribution in [0.25, 0.3) is 0 Å². The molecule has 8 nitrogen and oxygen atoms in total. The minimum atomic E-state index is -0.806. The number of esters is 1. The lowest BCUT2D eigenvalue weighted by molar-refractivity contribution is -0.206. The lowest BCUT2D eigenvalue weighted by Crippen LogP contribution is -2.57. The molecular weight excluding hydrogens is 618 g/mol. The molecule has 8 heteroatoms. The molecule has 0 aromatic heterocycles. The third-order valence-electron chi connectivity index (χ3n) is 8.40. The molecule has 0 radical (unpaired) electrons. The van der Waals surface area contributed by atoms with Crippen LogP contribution in [0, 0.1) is 0 Å². The van der Waals surface area contributed by atoms with Crippen molar-refractivity contribution in [3.63, 3.8) is 0 Å². The summed E-state index contributed by atoms with van der Waals surface area (Å²) in [6.45, 7) is 7.61. The van der Waals surface area contributed by atoms with E-state index >= 15 is 0 Å². The number of hydrogen-bond acceptors (Lipinski definition) is 8. The second kappa shape index (κ2) is 18.8. The van der Waals surface area contributed by atoms with E-state index in [1.807, 2.05) is 130 Å². The highest BCUT2D eigenvalue weighted by molar-refractivity contribution is 5.70. The van der Waals surface area contributed by atoms with Crippen molar-refractivity contribution >= 4 is 5.97 Å². The van der Waals surface area contributed by atoms with E-state index in [1.54, 1.807) is 0 Å². The fourth-order valence-electron chi connectivity index (χ4n) is 5.96. The number of nitrogens with one attached hydrogen (secondary N) is 1. The van der Waals surface area contributed by atoms with E-state index in [4.69, 9.17) is 28.4 Å². The van der Waals surface area contributed by atoms with Gasteiger partial charge in [-0.3, -0.25) is 4.79 Å². The van der Waals surface area contributed by atoms with E-state index < -0.39 is 36.2 Å². The van der Waals surface area contributed by atoms with E-state index in [9.17, 15) is 4.79 Å². The smallest absolute Gasteiger partial charge is 0.307 e. The molecule has 1 aliphatic heterocycles. The lowest BCUT2D eigenvalue weighted by atomic mass is 9.94. The summed E-state index contributed by atoms with van der Waals surface area (Å²) in [6, 6.07) is 39.6. The van der Waals surface area contributed by atoms with E-state index in [-0.39, 0.29) is 19.0 Å². The Morgan fingerprint density at radius 1 is 0.714 bits per heavy atom. The zero-order valence-corrected chi connectivity index (χ0v) is 28.7. The predicted molar refractivity (Wildman–Crippen MR) is 188 cm³/mol. The monoisotopic (exact) mass is 667 g/mol. The molecule has 1 N–H and O–H groups in total. The largest absolute Gasteiger partial charge is 0.466 e. The molecule has 0 bridgehead atoms. The van der Waals surface area contributed by atoms with Gasteiger partial charge in [-0.15, -0.1) is 0 Å². The van der Waals surface area contributed by atoms with Gasteiger partial charge >= 0.3 is 5.97 Å². The maximum atomic E-state index is 13.2. The zero-order chi connectivity index (χ0) is 34.3. The highest BCUT2D eigenvalue weighted by atomic mass is 16.8. The molecule has 49 heavy (non-hydrogen) atoms. The van der Waals surface area contributed by atoms with Crippen molar-refractivity contribution in [3.05, 3.63) is 144 Å². The summed E-state index contributed by atoms with van der Waals surface area (Å²) >= 11 is 0. The summed E-state index contributed by atoms with van der Waals surface area (Å²) in [7, 11) is 0. The Morgan fingerprint density at radius 3 is 1.65 bits per heavy atom. The molecule has 4 aromatic carbocycles. The molecule has 1 fully saturated rings. The lowest BCUT2D eigenvalue weighted by Gasteiger charge is -2.39. The predicted octanol–water partition coefficient (Wildman–Crippen LogP) is 7.01. The topological polar surface area (TPSA) is 84.5 Å². The molecule has 260 valence electrons. The van der Waals surface area contributed by atoms with Crippen molar-refractivity contribution in [1.29, 1.82) is 0 Å². The van der Waals surface area contributed by atoms with E-state index in [1.165, 1.54) is 0 Å². The summed E-state index contributed by atoms with van der Waals surface area (Å²) in [5.74, 6) is -1.13. The van der Waals surface area contributed by atoms with Crippen LogP contribution >= 0.6 is 0 Å². The quantitative estimate of drug-likeness (QED) is 0.107. The molecule has 5 atom stereocenters. The highest BCUT2D eigenvalue weighted by Gasteiger charge is 2.47. The van der Waals surface area contributed by atoms with Gasteiger partial charge in [-0.1, -0.05) is 121 Å². The second-order valence-electron chi connectivity index (χ2n) is 12.6. The standard InChI is InChI=1S/C41H49NO7/c1-4-44-37(43)25-35(42-26-31-17-9-5-10-18-31)38(45-27-32-19-11-6-12-20-32)40(47-29-34-23-15-8-16-24-34)39(36-30-48-41(2,3)49-36)46-28-33-21-13-7-14-22-33/h5-24,35-36,38-40,42H,4,25-30H2,1-3H3/t35-,36-,38+,39-,40-/m1/s1. The Morgan fingerprint density at radius 2 is 1.18 bits per heavy atom. The first kappa shape index (κ1) is 36.4. The van der Waals surface area contributed by atoms with Gasteiger partial charge in [0.15, 0.2) is 5.79 Å².